The molecule has 1 amide bonds. The van der Waals surface area contributed by atoms with Crippen molar-refractivity contribution >= 4 is 23.6 Å². The molecule has 8 heteroatoms. The van der Waals surface area contributed by atoms with Gasteiger partial charge in [0.1, 0.15) is 12.4 Å². The molecule has 1 aromatic rings. The molecule has 0 radical (unpaired) electrons. The van der Waals surface area contributed by atoms with Crippen LogP contribution >= 0.6 is 11.8 Å². The zero-order valence-electron chi connectivity index (χ0n) is 11.4. The lowest BCUT2D eigenvalue weighted by Crippen LogP contribution is -2.42. The molecule has 0 aliphatic heterocycles. The van der Waals surface area contributed by atoms with Crippen molar-refractivity contribution in [3.05, 3.63) is 5.82 Å². The lowest BCUT2D eigenvalue weighted by atomic mass is 10.1. The molecule has 0 spiro atoms. The summed E-state index contributed by atoms with van der Waals surface area (Å²) >= 11 is 1.05. The number of nitrogens with zero attached hydrogens (tertiary/aromatic N) is 3. The third-order valence-electron chi connectivity index (χ3n) is 2.04. The Balaban J connectivity index is 2.74. The van der Waals surface area contributed by atoms with Crippen LogP contribution in [0.1, 0.15) is 26.6 Å². The third kappa shape index (κ3) is 5.29. The fraction of sp³-hybridized carbons (Fsp3) is 0.636. The molecule has 19 heavy (non-hydrogen) atoms. The first-order chi connectivity index (χ1) is 8.69. The molecule has 0 aliphatic rings. The summed E-state index contributed by atoms with van der Waals surface area (Å²) in [5.74, 6) is -0.625. The molecule has 0 fully saturated rings. The number of aryl methyl sites for hydroxylation is 1. The molecule has 1 rings (SSSR count). The Labute approximate surface area is 115 Å². The van der Waals surface area contributed by atoms with Crippen LogP contribution in [-0.2, 0) is 16.1 Å². The molecule has 0 atom stereocenters. The average Bonchev–Trinajstić information content (AvgIpc) is 2.55. The van der Waals surface area contributed by atoms with Crippen LogP contribution in [-0.4, -0.2) is 43.0 Å². The van der Waals surface area contributed by atoms with Gasteiger partial charge in [0.25, 0.3) is 0 Å². The summed E-state index contributed by atoms with van der Waals surface area (Å²) in [6.45, 7) is 7.48. The largest absolute Gasteiger partial charge is 0.481 e. The first-order valence-corrected chi connectivity index (χ1v) is 6.73. The number of hydrogen-bond donors (Lipinski definition) is 2. The second-order valence-corrected chi connectivity index (χ2v) is 6.04. The quantitative estimate of drug-likeness (QED) is 0.772. The normalized spacial score (nSPS) is 11.4. The number of carbonyl (C=O) groups is 2. The van der Waals surface area contributed by atoms with Crippen molar-refractivity contribution in [1.82, 2.24) is 20.1 Å². The molecule has 0 aliphatic carbocycles. The van der Waals surface area contributed by atoms with Crippen molar-refractivity contribution in [2.45, 2.75) is 44.9 Å². The number of rotatable bonds is 5. The number of carboxylic acids is 1. The van der Waals surface area contributed by atoms with E-state index in [0.717, 1.165) is 11.8 Å². The van der Waals surface area contributed by atoms with Crippen LogP contribution < -0.4 is 5.32 Å². The van der Waals surface area contributed by atoms with Gasteiger partial charge in [0, 0.05) is 5.54 Å². The fourth-order valence-electron chi connectivity index (χ4n) is 1.38. The second-order valence-electron chi connectivity index (χ2n) is 5.10. The minimum atomic E-state index is -0.934. The van der Waals surface area contributed by atoms with Crippen molar-refractivity contribution in [1.29, 1.82) is 0 Å². The topological polar surface area (TPSA) is 97.1 Å². The molecule has 0 bridgehead atoms. The molecule has 106 valence electrons. The van der Waals surface area contributed by atoms with E-state index < -0.39 is 5.97 Å². The number of amides is 1. The number of thioether (sulfide) groups is 1. The lowest BCUT2D eigenvalue weighted by Gasteiger charge is -2.21. The average molecular weight is 286 g/mol. The summed E-state index contributed by atoms with van der Waals surface area (Å²) in [4.78, 5) is 22.4. The van der Waals surface area contributed by atoms with Gasteiger partial charge in [0.05, 0.1) is 5.75 Å². The molecule has 1 heterocycles. The maximum Gasteiger partial charge on any atom is 0.313 e. The summed E-state index contributed by atoms with van der Waals surface area (Å²) in [6, 6.07) is 0. The van der Waals surface area contributed by atoms with E-state index in [1.807, 2.05) is 20.8 Å². The van der Waals surface area contributed by atoms with Crippen LogP contribution in [0.4, 0.5) is 0 Å². The van der Waals surface area contributed by atoms with Gasteiger partial charge in [-0.3, -0.25) is 14.2 Å². The first kappa shape index (κ1) is 15.5. The molecule has 0 saturated heterocycles. The first-order valence-electron chi connectivity index (χ1n) is 5.74. The van der Waals surface area contributed by atoms with Crippen molar-refractivity contribution in [3.8, 4) is 0 Å². The Bertz CT molecular complexity index is 479. The maximum absolute atomic E-state index is 11.9. The van der Waals surface area contributed by atoms with E-state index in [-0.39, 0.29) is 23.7 Å². The number of aromatic nitrogens is 3. The van der Waals surface area contributed by atoms with Gasteiger partial charge in [-0.25, -0.2) is 0 Å². The van der Waals surface area contributed by atoms with Crippen molar-refractivity contribution < 1.29 is 14.7 Å². The Morgan fingerprint density at radius 3 is 2.53 bits per heavy atom. The van der Waals surface area contributed by atoms with Crippen LogP contribution in [0.5, 0.6) is 0 Å². The summed E-state index contributed by atoms with van der Waals surface area (Å²) in [5.41, 5.74) is -0.312. The van der Waals surface area contributed by atoms with Gasteiger partial charge >= 0.3 is 5.97 Å². The van der Waals surface area contributed by atoms with Gasteiger partial charge in [-0.05, 0) is 27.7 Å². The van der Waals surface area contributed by atoms with E-state index in [0.29, 0.717) is 11.0 Å². The van der Waals surface area contributed by atoms with Crippen molar-refractivity contribution in [2.24, 2.45) is 0 Å². The SMILES string of the molecule is Cc1nnc(SCC(=O)O)n1CC(=O)NC(C)(C)C. The van der Waals surface area contributed by atoms with Gasteiger partial charge in [0.2, 0.25) is 5.91 Å². The number of carboxylic acid groups (broad SMARTS) is 1. The van der Waals surface area contributed by atoms with E-state index in [2.05, 4.69) is 15.5 Å². The summed E-state index contributed by atoms with van der Waals surface area (Å²) < 4.78 is 1.61. The highest BCUT2D eigenvalue weighted by Crippen LogP contribution is 2.16. The predicted molar refractivity (Wildman–Crippen MR) is 71.0 cm³/mol. The highest BCUT2D eigenvalue weighted by molar-refractivity contribution is 7.99. The zero-order valence-corrected chi connectivity index (χ0v) is 12.2. The van der Waals surface area contributed by atoms with Crippen LogP contribution in [0.2, 0.25) is 0 Å². The van der Waals surface area contributed by atoms with Crippen LogP contribution in [0.3, 0.4) is 0 Å². The van der Waals surface area contributed by atoms with E-state index in [4.69, 9.17) is 5.11 Å². The number of nitrogens with one attached hydrogen (secondary N) is 1. The van der Waals surface area contributed by atoms with Crippen LogP contribution in [0.25, 0.3) is 0 Å². The molecule has 7 nitrogen and oxygen atoms in total. The van der Waals surface area contributed by atoms with E-state index in [1.54, 1.807) is 11.5 Å². The molecule has 0 unspecified atom stereocenters. The van der Waals surface area contributed by atoms with Gasteiger partial charge in [-0.2, -0.15) is 0 Å². The zero-order chi connectivity index (χ0) is 14.6. The van der Waals surface area contributed by atoms with Crippen LogP contribution in [0.15, 0.2) is 5.16 Å². The third-order valence-corrected chi connectivity index (χ3v) is 2.99. The fourth-order valence-corrected chi connectivity index (χ4v) is 2.08. The molecule has 2 N–H and O–H groups in total. The molecular weight excluding hydrogens is 268 g/mol. The Morgan fingerprint density at radius 1 is 1.37 bits per heavy atom. The number of carbonyl (C=O) groups excluding carboxylic acids is 1. The van der Waals surface area contributed by atoms with Crippen LogP contribution in [0, 0.1) is 6.92 Å². The minimum Gasteiger partial charge on any atom is -0.481 e. The standard InChI is InChI=1S/C11H18N4O3S/c1-7-13-14-10(19-6-9(17)18)15(7)5-8(16)12-11(2,3)4/h5-6H2,1-4H3,(H,12,16)(H,17,18). The van der Waals surface area contributed by atoms with Crippen molar-refractivity contribution in [2.75, 3.05) is 5.75 Å². The van der Waals surface area contributed by atoms with Gasteiger partial charge in [0.15, 0.2) is 5.16 Å². The molecular formula is C11H18N4O3S. The van der Waals surface area contributed by atoms with Gasteiger partial charge in [-0.1, -0.05) is 11.8 Å². The number of aliphatic carboxylic acids is 1. The van der Waals surface area contributed by atoms with E-state index in [9.17, 15) is 9.59 Å². The maximum atomic E-state index is 11.9. The highest BCUT2D eigenvalue weighted by Gasteiger charge is 2.17. The lowest BCUT2D eigenvalue weighted by molar-refractivity contribution is -0.134. The molecule has 1 aromatic heterocycles. The summed E-state index contributed by atoms with van der Waals surface area (Å²) in [5, 5.41) is 19.7. The predicted octanol–water partition coefficient (Wildman–Crippen LogP) is 0.678. The second kappa shape index (κ2) is 6.05. The minimum absolute atomic E-state index is 0.0814. The highest BCUT2D eigenvalue weighted by atomic mass is 32.2. The summed E-state index contributed by atoms with van der Waals surface area (Å²) in [6.07, 6.45) is 0. The van der Waals surface area contributed by atoms with E-state index >= 15 is 0 Å². The van der Waals surface area contributed by atoms with Gasteiger partial charge < -0.3 is 10.4 Å². The van der Waals surface area contributed by atoms with Gasteiger partial charge in [-0.15, -0.1) is 10.2 Å². The monoisotopic (exact) mass is 286 g/mol. The number of hydrogen-bond acceptors (Lipinski definition) is 5. The van der Waals surface area contributed by atoms with E-state index in [1.165, 1.54) is 0 Å². The Hall–Kier alpha value is -1.57. The molecule has 0 aromatic carbocycles. The molecule has 0 saturated carbocycles. The Morgan fingerprint density at radius 2 is 2.00 bits per heavy atom. The Kier molecular flexibility index (Phi) is 4.93. The summed E-state index contributed by atoms with van der Waals surface area (Å²) in [7, 11) is 0. The van der Waals surface area contributed by atoms with Crippen molar-refractivity contribution in [3.63, 3.8) is 0 Å². The smallest absolute Gasteiger partial charge is 0.313 e.